The van der Waals surface area contributed by atoms with Gasteiger partial charge in [-0.05, 0) is 56.2 Å². The van der Waals surface area contributed by atoms with Crippen LogP contribution in [-0.2, 0) is 6.54 Å². The normalized spacial score (nSPS) is 21.2. The topological polar surface area (TPSA) is 89.7 Å². The van der Waals surface area contributed by atoms with Gasteiger partial charge in [0.05, 0.1) is 11.9 Å². The molecule has 2 aliphatic carbocycles. The largest absolute Gasteiger partial charge is 0.367 e. The molecule has 2 fully saturated rings. The minimum atomic E-state index is -0.0621. The Balaban J connectivity index is 1.15. The summed E-state index contributed by atoms with van der Waals surface area (Å²) in [5, 5.41) is 11.5. The Labute approximate surface area is 169 Å². The van der Waals surface area contributed by atoms with Crippen LogP contribution >= 0.6 is 0 Å². The second kappa shape index (κ2) is 7.69. The molecule has 0 bridgehead atoms. The molecule has 3 heterocycles. The molecule has 2 aliphatic rings. The highest BCUT2D eigenvalue weighted by Crippen LogP contribution is 2.30. The van der Waals surface area contributed by atoms with Gasteiger partial charge in [0.25, 0.3) is 5.56 Å². The number of hydrogen-bond donors (Lipinski definition) is 2. The number of rotatable bonds is 7. The van der Waals surface area contributed by atoms with Gasteiger partial charge in [-0.15, -0.1) is 5.10 Å². The molecular formula is C21H25N7O. The molecular weight excluding hydrogens is 366 g/mol. The SMILES string of the molecule is O=c1ccccn1-c1ccc(N[C@H]2CC[C@H](Nc3ncn(CC4CC4)n3)C2)nc1. The molecule has 0 radical (unpaired) electrons. The molecule has 3 aromatic heterocycles. The molecule has 2 N–H and O–H groups in total. The van der Waals surface area contributed by atoms with E-state index >= 15 is 0 Å². The van der Waals surface area contributed by atoms with Crippen molar-refractivity contribution in [3.05, 3.63) is 59.4 Å². The lowest BCUT2D eigenvalue weighted by atomic mass is 10.2. The molecule has 29 heavy (non-hydrogen) atoms. The van der Waals surface area contributed by atoms with Crippen LogP contribution in [0.25, 0.3) is 5.69 Å². The third-order valence-corrected chi connectivity index (χ3v) is 5.65. The first-order valence-corrected chi connectivity index (χ1v) is 10.3. The molecule has 0 amide bonds. The van der Waals surface area contributed by atoms with Gasteiger partial charge in [0.2, 0.25) is 5.95 Å². The summed E-state index contributed by atoms with van der Waals surface area (Å²) in [4.78, 5) is 20.8. The van der Waals surface area contributed by atoms with Crippen LogP contribution in [0.1, 0.15) is 32.1 Å². The van der Waals surface area contributed by atoms with Gasteiger partial charge in [0.1, 0.15) is 12.1 Å². The lowest BCUT2D eigenvalue weighted by molar-refractivity contribution is 0.561. The van der Waals surface area contributed by atoms with Gasteiger partial charge >= 0.3 is 0 Å². The molecule has 0 spiro atoms. The van der Waals surface area contributed by atoms with E-state index in [-0.39, 0.29) is 5.56 Å². The van der Waals surface area contributed by atoms with Gasteiger partial charge in [-0.25, -0.2) is 9.97 Å². The van der Waals surface area contributed by atoms with E-state index in [1.54, 1.807) is 29.1 Å². The standard InChI is InChI=1S/C21H25N7O/c29-20-3-1-2-10-28(20)18-8-9-19(22-12-18)24-16-6-7-17(11-16)25-21-23-14-27(26-21)13-15-4-5-15/h1-3,8-10,12,14-17H,4-7,11,13H2,(H,22,24)(H,25,26)/t16-,17-/m0/s1. The summed E-state index contributed by atoms with van der Waals surface area (Å²) in [6.45, 7) is 0.986. The summed E-state index contributed by atoms with van der Waals surface area (Å²) in [6, 6.07) is 9.68. The van der Waals surface area contributed by atoms with Crippen LogP contribution in [0.4, 0.5) is 11.8 Å². The molecule has 3 aromatic rings. The van der Waals surface area contributed by atoms with Crippen LogP contribution in [0.5, 0.6) is 0 Å². The first kappa shape index (κ1) is 17.9. The third kappa shape index (κ3) is 4.31. The third-order valence-electron chi connectivity index (χ3n) is 5.65. The van der Waals surface area contributed by atoms with Crippen molar-refractivity contribution in [3.63, 3.8) is 0 Å². The van der Waals surface area contributed by atoms with Crippen LogP contribution in [0, 0.1) is 5.92 Å². The Kier molecular flexibility index (Phi) is 4.75. The fourth-order valence-electron chi connectivity index (χ4n) is 3.90. The van der Waals surface area contributed by atoms with Crippen molar-refractivity contribution in [3.8, 4) is 5.69 Å². The molecule has 0 saturated heterocycles. The van der Waals surface area contributed by atoms with Crippen molar-refractivity contribution in [2.24, 2.45) is 5.92 Å². The number of pyridine rings is 2. The molecule has 150 valence electrons. The van der Waals surface area contributed by atoms with Crippen LogP contribution in [0.2, 0.25) is 0 Å². The van der Waals surface area contributed by atoms with Crippen molar-refractivity contribution in [1.29, 1.82) is 0 Å². The van der Waals surface area contributed by atoms with Crippen molar-refractivity contribution < 1.29 is 0 Å². The number of aromatic nitrogens is 5. The Morgan fingerprint density at radius 2 is 1.86 bits per heavy atom. The van der Waals surface area contributed by atoms with Crippen LogP contribution < -0.4 is 16.2 Å². The Morgan fingerprint density at radius 3 is 2.62 bits per heavy atom. The molecule has 2 atom stereocenters. The minimum absolute atomic E-state index is 0.0621. The van der Waals surface area contributed by atoms with Crippen molar-refractivity contribution in [2.75, 3.05) is 10.6 Å². The zero-order valence-electron chi connectivity index (χ0n) is 16.2. The molecule has 0 unspecified atom stereocenters. The molecule has 8 heteroatoms. The minimum Gasteiger partial charge on any atom is -0.367 e. The maximum atomic E-state index is 11.9. The fourth-order valence-corrected chi connectivity index (χ4v) is 3.90. The highest BCUT2D eigenvalue weighted by atomic mass is 16.1. The smallest absolute Gasteiger partial charge is 0.255 e. The van der Waals surface area contributed by atoms with E-state index in [1.165, 1.54) is 12.8 Å². The first-order chi connectivity index (χ1) is 14.2. The summed E-state index contributed by atoms with van der Waals surface area (Å²) in [7, 11) is 0. The molecule has 0 aliphatic heterocycles. The fraction of sp³-hybridized carbons (Fsp3) is 0.429. The van der Waals surface area contributed by atoms with Gasteiger partial charge in [0.15, 0.2) is 0 Å². The average Bonchev–Trinajstić information content (AvgIpc) is 3.26. The highest BCUT2D eigenvalue weighted by Gasteiger charge is 2.26. The van der Waals surface area contributed by atoms with E-state index < -0.39 is 0 Å². The van der Waals surface area contributed by atoms with Crippen LogP contribution in [0.15, 0.2) is 53.8 Å². The van der Waals surface area contributed by atoms with E-state index in [2.05, 4.69) is 25.7 Å². The first-order valence-electron chi connectivity index (χ1n) is 10.3. The van der Waals surface area contributed by atoms with Crippen LogP contribution in [-0.4, -0.2) is 36.4 Å². The second-order valence-electron chi connectivity index (χ2n) is 8.04. The van der Waals surface area contributed by atoms with Gasteiger partial charge < -0.3 is 10.6 Å². The Morgan fingerprint density at radius 1 is 1.00 bits per heavy atom. The van der Waals surface area contributed by atoms with Gasteiger partial charge in [-0.1, -0.05) is 6.07 Å². The van der Waals surface area contributed by atoms with Crippen molar-refractivity contribution in [1.82, 2.24) is 24.3 Å². The predicted molar refractivity (Wildman–Crippen MR) is 111 cm³/mol. The predicted octanol–water partition coefficient (Wildman–Crippen LogP) is 2.68. The summed E-state index contributed by atoms with van der Waals surface area (Å²) in [5.41, 5.74) is 0.702. The van der Waals surface area contributed by atoms with Gasteiger partial charge in [-0.3, -0.25) is 14.0 Å². The monoisotopic (exact) mass is 391 g/mol. The number of nitrogens with zero attached hydrogens (tertiary/aromatic N) is 5. The van der Waals surface area contributed by atoms with E-state index in [4.69, 9.17) is 0 Å². The van der Waals surface area contributed by atoms with E-state index in [0.29, 0.717) is 12.1 Å². The van der Waals surface area contributed by atoms with E-state index in [9.17, 15) is 4.79 Å². The Bertz CT molecular complexity index is 1020. The highest BCUT2D eigenvalue weighted by molar-refractivity contribution is 5.42. The second-order valence-corrected chi connectivity index (χ2v) is 8.04. The quantitative estimate of drug-likeness (QED) is 0.644. The number of hydrogen-bond acceptors (Lipinski definition) is 6. The maximum Gasteiger partial charge on any atom is 0.255 e. The lowest BCUT2D eigenvalue weighted by Crippen LogP contribution is -2.22. The molecule has 0 aromatic carbocycles. The van der Waals surface area contributed by atoms with Crippen molar-refractivity contribution in [2.45, 2.75) is 50.7 Å². The summed E-state index contributed by atoms with van der Waals surface area (Å²) >= 11 is 0. The zero-order valence-corrected chi connectivity index (χ0v) is 16.2. The zero-order chi connectivity index (χ0) is 19.6. The summed E-state index contributed by atoms with van der Waals surface area (Å²) in [6.07, 6.45) is 11.1. The van der Waals surface area contributed by atoms with E-state index in [0.717, 1.165) is 49.2 Å². The summed E-state index contributed by atoms with van der Waals surface area (Å²) in [5.74, 6) is 2.35. The Hall–Kier alpha value is -3.16. The lowest BCUT2D eigenvalue weighted by Gasteiger charge is -2.15. The number of nitrogens with one attached hydrogen (secondary N) is 2. The maximum absolute atomic E-state index is 11.9. The molecule has 5 rings (SSSR count). The van der Waals surface area contributed by atoms with Gasteiger partial charge in [0, 0.05) is 30.9 Å². The van der Waals surface area contributed by atoms with Gasteiger partial charge in [-0.2, -0.15) is 0 Å². The summed E-state index contributed by atoms with van der Waals surface area (Å²) < 4.78 is 3.54. The van der Waals surface area contributed by atoms with Crippen molar-refractivity contribution >= 4 is 11.8 Å². The number of anilines is 2. The van der Waals surface area contributed by atoms with Crippen LogP contribution in [0.3, 0.4) is 0 Å². The molecule has 2 saturated carbocycles. The molecule has 8 nitrogen and oxygen atoms in total. The van der Waals surface area contributed by atoms with E-state index in [1.807, 2.05) is 29.2 Å². The average molecular weight is 391 g/mol.